The lowest BCUT2D eigenvalue weighted by atomic mass is 10.1. The number of carbonyl (C=O) groups excluding carboxylic acids is 1. The minimum Gasteiger partial charge on any atom is -0.478 e. The van der Waals surface area contributed by atoms with Crippen molar-refractivity contribution < 1.29 is 24.4 Å². The zero-order valence-electron chi connectivity index (χ0n) is 11.7. The van der Waals surface area contributed by atoms with Crippen LogP contribution in [0.3, 0.4) is 0 Å². The van der Waals surface area contributed by atoms with Crippen LogP contribution >= 0.6 is 0 Å². The number of nitro benzene ring substituents is 1. The number of benzene rings is 1. The van der Waals surface area contributed by atoms with Crippen LogP contribution in [0.5, 0.6) is 5.75 Å². The highest BCUT2D eigenvalue weighted by Gasteiger charge is 2.20. The van der Waals surface area contributed by atoms with E-state index < -0.39 is 22.5 Å². The first-order valence-electron chi connectivity index (χ1n) is 6.68. The van der Waals surface area contributed by atoms with Crippen molar-refractivity contribution >= 4 is 17.6 Å². The van der Waals surface area contributed by atoms with Crippen molar-refractivity contribution in [3.05, 3.63) is 33.9 Å². The molecule has 7 nitrogen and oxygen atoms in total. The van der Waals surface area contributed by atoms with Crippen LogP contribution in [0.2, 0.25) is 0 Å². The maximum atomic E-state index is 11.6. The number of carboxylic acid groups (broad SMARTS) is 1. The highest BCUT2D eigenvalue weighted by atomic mass is 16.6. The van der Waals surface area contributed by atoms with E-state index in [1.807, 2.05) is 6.92 Å². The summed E-state index contributed by atoms with van der Waals surface area (Å²) in [4.78, 5) is 32.5. The summed E-state index contributed by atoms with van der Waals surface area (Å²) in [5, 5.41) is 19.7. The van der Waals surface area contributed by atoms with Crippen LogP contribution in [0.15, 0.2) is 18.2 Å². The molecule has 0 saturated carbocycles. The fourth-order valence-corrected chi connectivity index (χ4v) is 1.75. The maximum absolute atomic E-state index is 11.6. The number of esters is 1. The second-order valence-corrected chi connectivity index (χ2v) is 4.53. The van der Waals surface area contributed by atoms with Crippen molar-refractivity contribution in [2.24, 2.45) is 0 Å². The summed E-state index contributed by atoms with van der Waals surface area (Å²) in [5.41, 5.74) is -0.763. The van der Waals surface area contributed by atoms with Gasteiger partial charge < -0.3 is 9.84 Å². The molecule has 0 spiro atoms. The number of rotatable bonds is 8. The molecule has 0 amide bonds. The number of carboxylic acids is 1. The molecule has 0 heterocycles. The fraction of sp³-hybridized carbons (Fsp3) is 0.429. The first-order valence-corrected chi connectivity index (χ1v) is 6.68. The average molecular weight is 295 g/mol. The maximum Gasteiger partial charge on any atom is 0.335 e. The fourth-order valence-electron chi connectivity index (χ4n) is 1.75. The Morgan fingerprint density at radius 1 is 1.29 bits per heavy atom. The van der Waals surface area contributed by atoms with Crippen LogP contribution < -0.4 is 4.74 Å². The van der Waals surface area contributed by atoms with Gasteiger partial charge in [0.05, 0.1) is 10.5 Å². The van der Waals surface area contributed by atoms with E-state index in [-0.39, 0.29) is 17.7 Å². The first kappa shape index (κ1) is 16.6. The van der Waals surface area contributed by atoms with E-state index in [1.165, 1.54) is 0 Å². The molecule has 0 aromatic heterocycles. The number of carbonyl (C=O) groups is 2. The van der Waals surface area contributed by atoms with E-state index in [1.54, 1.807) is 0 Å². The van der Waals surface area contributed by atoms with Crippen LogP contribution in [0.1, 0.15) is 49.4 Å². The van der Waals surface area contributed by atoms with Crippen molar-refractivity contribution in [2.75, 3.05) is 0 Å². The molecule has 0 atom stereocenters. The minimum atomic E-state index is -1.28. The van der Waals surface area contributed by atoms with Gasteiger partial charge in [0.15, 0.2) is 0 Å². The van der Waals surface area contributed by atoms with E-state index in [0.717, 1.165) is 37.5 Å². The van der Waals surface area contributed by atoms with Crippen molar-refractivity contribution in [3.63, 3.8) is 0 Å². The molecule has 1 N–H and O–H groups in total. The topological polar surface area (TPSA) is 107 Å². The Balaban J connectivity index is 2.76. The summed E-state index contributed by atoms with van der Waals surface area (Å²) in [5.74, 6) is -2.07. The zero-order valence-corrected chi connectivity index (χ0v) is 11.7. The quantitative estimate of drug-likeness (QED) is 0.259. The van der Waals surface area contributed by atoms with Crippen LogP contribution in [0, 0.1) is 10.1 Å². The van der Waals surface area contributed by atoms with E-state index in [9.17, 15) is 19.7 Å². The molecule has 0 saturated heterocycles. The Kier molecular flexibility index (Phi) is 6.32. The Labute approximate surface area is 121 Å². The molecule has 7 heteroatoms. The number of ether oxygens (including phenoxy) is 1. The number of unbranched alkanes of at least 4 members (excludes halogenated alkanes) is 3. The largest absolute Gasteiger partial charge is 0.478 e. The Hall–Kier alpha value is -2.44. The zero-order chi connectivity index (χ0) is 15.8. The lowest BCUT2D eigenvalue weighted by molar-refractivity contribution is -0.385. The summed E-state index contributed by atoms with van der Waals surface area (Å²) >= 11 is 0. The molecule has 1 rings (SSSR count). The lowest BCUT2D eigenvalue weighted by Gasteiger charge is -2.05. The Morgan fingerprint density at radius 3 is 2.57 bits per heavy atom. The molecule has 0 radical (unpaired) electrons. The third-order valence-corrected chi connectivity index (χ3v) is 2.86. The molecule has 1 aromatic rings. The molecular weight excluding hydrogens is 278 g/mol. The van der Waals surface area contributed by atoms with Gasteiger partial charge in [0.2, 0.25) is 5.75 Å². The van der Waals surface area contributed by atoms with Gasteiger partial charge in [-0.2, -0.15) is 0 Å². The van der Waals surface area contributed by atoms with Gasteiger partial charge in [-0.25, -0.2) is 4.79 Å². The molecule has 0 fully saturated rings. The summed E-state index contributed by atoms with van der Waals surface area (Å²) in [6.45, 7) is 2.05. The Morgan fingerprint density at radius 2 is 2.00 bits per heavy atom. The van der Waals surface area contributed by atoms with E-state index >= 15 is 0 Å². The predicted molar refractivity (Wildman–Crippen MR) is 74.4 cm³/mol. The smallest absolute Gasteiger partial charge is 0.335 e. The van der Waals surface area contributed by atoms with Gasteiger partial charge in [-0.15, -0.1) is 0 Å². The summed E-state index contributed by atoms with van der Waals surface area (Å²) in [6, 6.07) is 3.17. The summed E-state index contributed by atoms with van der Waals surface area (Å²) < 4.78 is 4.95. The summed E-state index contributed by atoms with van der Waals surface area (Å²) in [7, 11) is 0. The highest BCUT2D eigenvalue weighted by Crippen LogP contribution is 2.28. The Bertz CT molecular complexity index is 540. The average Bonchev–Trinajstić information content (AvgIpc) is 2.43. The number of nitro groups is 1. The van der Waals surface area contributed by atoms with Crippen LogP contribution in [-0.4, -0.2) is 22.0 Å². The van der Waals surface area contributed by atoms with E-state index in [0.29, 0.717) is 6.42 Å². The van der Waals surface area contributed by atoms with Gasteiger partial charge in [0, 0.05) is 12.5 Å². The molecular formula is C14H17NO6. The first-order chi connectivity index (χ1) is 9.95. The van der Waals surface area contributed by atoms with Gasteiger partial charge in [0.25, 0.3) is 0 Å². The molecule has 114 valence electrons. The van der Waals surface area contributed by atoms with Crippen LogP contribution in [0.25, 0.3) is 0 Å². The highest BCUT2D eigenvalue weighted by molar-refractivity contribution is 5.89. The predicted octanol–water partition coefficient (Wildman–Crippen LogP) is 3.17. The third-order valence-electron chi connectivity index (χ3n) is 2.86. The number of hydrogen-bond donors (Lipinski definition) is 1. The normalized spacial score (nSPS) is 10.1. The SMILES string of the molecule is CCCCCCC(=O)Oc1ccc(C(=O)O)cc1[N+](=O)[O-]. The molecule has 0 unspecified atom stereocenters. The molecule has 1 aromatic carbocycles. The second-order valence-electron chi connectivity index (χ2n) is 4.53. The molecule has 0 bridgehead atoms. The van der Waals surface area contributed by atoms with E-state index in [4.69, 9.17) is 9.84 Å². The van der Waals surface area contributed by atoms with E-state index in [2.05, 4.69) is 0 Å². The summed E-state index contributed by atoms with van der Waals surface area (Å²) in [6.07, 6.45) is 3.79. The molecule has 0 aliphatic carbocycles. The molecule has 0 aliphatic rings. The van der Waals surface area contributed by atoms with Crippen molar-refractivity contribution in [1.82, 2.24) is 0 Å². The van der Waals surface area contributed by atoms with Crippen LogP contribution in [0.4, 0.5) is 5.69 Å². The number of hydrogen-bond acceptors (Lipinski definition) is 5. The second kappa shape index (κ2) is 7.98. The van der Waals surface area contributed by atoms with Crippen molar-refractivity contribution in [1.29, 1.82) is 0 Å². The van der Waals surface area contributed by atoms with Crippen molar-refractivity contribution in [3.8, 4) is 5.75 Å². The number of aromatic carboxylic acids is 1. The van der Waals surface area contributed by atoms with Gasteiger partial charge in [-0.1, -0.05) is 26.2 Å². The van der Waals surface area contributed by atoms with Gasteiger partial charge in [0.1, 0.15) is 0 Å². The minimum absolute atomic E-state index is 0.178. The lowest BCUT2D eigenvalue weighted by Crippen LogP contribution is -2.09. The van der Waals surface area contributed by atoms with Crippen molar-refractivity contribution in [2.45, 2.75) is 39.0 Å². The monoisotopic (exact) mass is 295 g/mol. The van der Waals surface area contributed by atoms with Gasteiger partial charge >= 0.3 is 17.6 Å². The van der Waals surface area contributed by atoms with Gasteiger partial charge in [-0.05, 0) is 18.6 Å². The van der Waals surface area contributed by atoms with Gasteiger partial charge in [-0.3, -0.25) is 14.9 Å². The number of nitrogens with zero attached hydrogens (tertiary/aromatic N) is 1. The molecule has 0 aliphatic heterocycles. The van der Waals surface area contributed by atoms with Crippen LogP contribution in [-0.2, 0) is 4.79 Å². The molecule has 21 heavy (non-hydrogen) atoms. The standard InChI is InChI=1S/C14H17NO6/c1-2-3-4-5-6-13(16)21-12-8-7-10(14(17)18)9-11(12)15(19)20/h7-9H,2-6H2,1H3,(H,17,18). The third kappa shape index (κ3) is 5.21.